The topological polar surface area (TPSA) is 99.6 Å². The van der Waals surface area contributed by atoms with Gasteiger partial charge in [-0.3, -0.25) is 0 Å². The summed E-state index contributed by atoms with van der Waals surface area (Å²) in [6.07, 6.45) is 4.72. The minimum Gasteiger partial charge on any atom is -0.497 e. The fourth-order valence-corrected chi connectivity index (χ4v) is 3.08. The number of nitrogen functional groups attached to an aromatic ring is 1. The van der Waals surface area contributed by atoms with Crippen LogP contribution in [0.25, 0.3) is 5.65 Å². The summed E-state index contributed by atoms with van der Waals surface area (Å²) < 4.78 is 12.7. The summed E-state index contributed by atoms with van der Waals surface area (Å²) >= 11 is 0. The molecular formula is C19H22N6O2. The molecule has 4 rings (SSSR count). The third kappa shape index (κ3) is 3.51. The number of aromatic nitrogens is 4. The molecule has 0 aliphatic carbocycles. The minimum absolute atomic E-state index is 0.0186. The quantitative estimate of drug-likeness (QED) is 0.713. The van der Waals surface area contributed by atoms with E-state index in [-0.39, 0.29) is 24.0 Å². The van der Waals surface area contributed by atoms with Crippen LogP contribution < -0.4 is 20.5 Å². The van der Waals surface area contributed by atoms with E-state index in [2.05, 4.69) is 27.3 Å². The molecule has 140 valence electrons. The van der Waals surface area contributed by atoms with Crippen LogP contribution in [0.15, 0.2) is 42.6 Å². The Labute approximate surface area is 157 Å². The van der Waals surface area contributed by atoms with Gasteiger partial charge in [0.15, 0.2) is 5.65 Å². The molecule has 2 aromatic heterocycles. The van der Waals surface area contributed by atoms with E-state index in [0.717, 1.165) is 23.4 Å². The second kappa shape index (κ2) is 7.14. The fraction of sp³-hybridized carbons (Fsp3) is 0.316. The van der Waals surface area contributed by atoms with Crippen LogP contribution in [0.2, 0.25) is 0 Å². The van der Waals surface area contributed by atoms with E-state index in [1.807, 2.05) is 42.6 Å². The highest BCUT2D eigenvalue weighted by molar-refractivity contribution is 5.47. The lowest BCUT2D eigenvalue weighted by molar-refractivity contribution is 0.184. The van der Waals surface area contributed by atoms with Crippen molar-refractivity contribution >= 4 is 11.6 Å². The molecule has 1 aliphatic heterocycles. The first-order chi connectivity index (χ1) is 13.1. The number of nitrogens with one attached hydrogen (secondary N) is 1. The Morgan fingerprint density at radius 2 is 2.19 bits per heavy atom. The van der Waals surface area contributed by atoms with E-state index in [0.29, 0.717) is 12.2 Å². The molecule has 1 aliphatic rings. The summed E-state index contributed by atoms with van der Waals surface area (Å²) in [5.41, 5.74) is 8.64. The first-order valence-corrected chi connectivity index (χ1v) is 8.86. The van der Waals surface area contributed by atoms with Gasteiger partial charge in [-0.1, -0.05) is 25.1 Å². The Morgan fingerprint density at radius 3 is 2.96 bits per heavy atom. The van der Waals surface area contributed by atoms with E-state index in [4.69, 9.17) is 15.2 Å². The average molecular weight is 366 g/mol. The lowest BCUT2D eigenvalue weighted by Gasteiger charge is -2.19. The van der Waals surface area contributed by atoms with Crippen LogP contribution in [0.1, 0.15) is 30.5 Å². The van der Waals surface area contributed by atoms with Crippen molar-refractivity contribution in [3.05, 3.63) is 53.9 Å². The van der Waals surface area contributed by atoms with E-state index in [9.17, 15) is 0 Å². The Hall–Kier alpha value is -3.29. The first-order valence-electron chi connectivity index (χ1n) is 8.86. The largest absolute Gasteiger partial charge is 0.497 e. The Bertz CT molecular complexity index is 983. The molecule has 3 heterocycles. The van der Waals surface area contributed by atoms with Crippen molar-refractivity contribution in [2.24, 2.45) is 0 Å². The van der Waals surface area contributed by atoms with E-state index < -0.39 is 0 Å². The molecule has 8 heteroatoms. The summed E-state index contributed by atoms with van der Waals surface area (Å²) in [5.74, 6) is 1.12. The molecule has 0 radical (unpaired) electrons. The van der Waals surface area contributed by atoms with E-state index >= 15 is 0 Å². The molecule has 2 atom stereocenters. The smallest absolute Gasteiger partial charge is 0.322 e. The van der Waals surface area contributed by atoms with Crippen LogP contribution in [0.3, 0.4) is 0 Å². The van der Waals surface area contributed by atoms with Crippen molar-refractivity contribution in [3.63, 3.8) is 0 Å². The first kappa shape index (κ1) is 17.1. The molecule has 3 aromatic rings. The summed E-state index contributed by atoms with van der Waals surface area (Å²) in [7, 11) is 1.66. The number of ether oxygens (including phenoxy) is 2. The normalized spacial score (nSPS) is 17.5. The molecule has 27 heavy (non-hydrogen) atoms. The highest BCUT2D eigenvalue weighted by atomic mass is 16.5. The summed E-state index contributed by atoms with van der Waals surface area (Å²) in [6.45, 7) is 2.79. The summed E-state index contributed by atoms with van der Waals surface area (Å²) in [6, 6.07) is 10.1. The lowest BCUT2D eigenvalue weighted by Crippen LogP contribution is -2.31. The molecule has 0 fully saturated rings. The van der Waals surface area contributed by atoms with Crippen molar-refractivity contribution in [1.82, 2.24) is 24.9 Å². The predicted molar refractivity (Wildman–Crippen MR) is 102 cm³/mol. The average Bonchev–Trinajstić information content (AvgIpc) is 3.13. The number of anilines is 1. The van der Waals surface area contributed by atoms with Crippen LogP contribution in [0.4, 0.5) is 5.95 Å². The number of rotatable bonds is 5. The maximum absolute atomic E-state index is 6.08. The van der Waals surface area contributed by atoms with Crippen LogP contribution in [-0.4, -0.2) is 39.3 Å². The third-order valence-corrected chi connectivity index (χ3v) is 4.64. The van der Waals surface area contributed by atoms with Gasteiger partial charge in [-0.25, -0.2) is 0 Å². The van der Waals surface area contributed by atoms with Crippen LogP contribution in [0.5, 0.6) is 11.8 Å². The van der Waals surface area contributed by atoms with Gasteiger partial charge < -0.3 is 20.5 Å². The molecule has 0 saturated carbocycles. The van der Waals surface area contributed by atoms with Crippen LogP contribution >= 0.6 is 0 Å². The molecule has 3 N–H and O–H groups in total. The van der Waals surface area contributed by atoms with Gasteiger partial charge in [-0.2, -0.15) is 19.6 Å². The van der Waals surface area contributed by atoms with E-state index in [1.165, 1.54) is 4.52 Å². The second-order valence-electron chi connectivity index (χ2n) is 6.49. The van der Waals surface area contributed by atoms with Crippen LogP contribution in [-0.2, 0) is 0 Å². The molecule has 8 nitrogen and oxygen atoms in total. The van der Waals surface area contributed by atoms with Gasteiger partial charge in [-0.15, -0.1) is 0 Å². The zero-order chi connectivity index (χ0) is 18.8. The Morgan fingerprint density at radius 1 is 1.30 bits per heavy atom. The third-order valence-electron chi connectivity index (χ3n) is 4.64. The van der Waals surface area contributed by atoms with Gasteiger partial charge in [0.25, 0.3) is 0 Å². The molecular weight excluding hydrogens is 344 g/mol. The molecule has 1 aromatic carbocycles. The molecule has 0 amide bonds. The number of benzene rings is 1. The summed E-state index contributed by atoms with van der Waals surface area (Å²) in [4.78, 5) is 8.71. The Balaban J connectivity index is 1.63. The zero-order valence-corrected chi connectivity index (χ0v) is 15.3. The minimum atomic E-state index is -0.0186. The predicted octanol–water partition coefficient (Wildman–Crippen LogP) is 2.12. The number of nitrogens with two attached hydrogens (primary N) is 1. The molecule has 1 unspecified atom stereocenters. The maximum atomic E-state index is 6.08. The SMILES string of the molecule is COc1cccc([C@H](C)c2cc3nc(OC4CC=CNC4)nc(N)n3n2)c1. The van der Waals surface area contributed by atoms with Gasteiger partial charge in [0.1, 0.15) is 11.9 Å². The standard InChI is InChI=1S/C19H22N6O2/c1-12(13-5-3-6-14(9-13)26-2)16-10-17-22-19(23-18(20)25(17)24-16)27-15-7-4-8-21-11-15/h3-6,8-10,12,15,21H,7,11H2,1-2H3,(H2,20,22,23)/t12-,15?/m0/s1. The van der Waals surface area contributed by atoms with Crippen molar-refractivity contribution in [3.8, 4) is 11.8 Å². The van der Waals surface area contributed by atoms with Gasteiger partial charge in [0.2, 0.25) is 5.95 Å². The monoisotopic (exact) mass is 366 g/mol. The maximum Gasteiger partial charge on any atom is 0.322 e. The highest BCUT2D eigenvalue weighted by Crippen LogP contribution is 2.27. The molecule has 0 spiro atoms. The lowest BCUT2D eigenvalue weighted by atomic mass is 9.98. The van der Waals surface area contributed by atoms with Crippen molar-refractivity contribution < 1.29 is 9.47 Å². The summed E-state index contributed by atoms with van der Waals surface area (Å²) in [5, 5.41) is 7.71. The van der Waals surface area contributed by atoms with Crippen molar-refractivity contribution in [2.75, 3.05) is 19.4 Å². The van der Waals surface area contributed by atoms with Crippen molar-refractivity contribution in [1.29, 1.82) is 0 Å². The molecule has 0 bridgehead atoms. The highest BCUT2D eigenvalue weighted by Gasteiger charge is 2.18. The number of fused-ring (bicyclic) bond motifs is 1. The fourth-order valence-electron chi connectivity index (χ4n) is 3.08. The van der Waals surface area contributed by atoms with Gasteiger partial charge in [-0.05, 0) is 23.9 Å². The molecule has 0 saturated heterocycles. The number of nitrogens with zero attached hydrogens (tertiary/aromatic N) is 4. The second-order valence-corrected chi connectivity index (χ2v) is 6.49. The zero-order valence-electron chi connectivity index (χ0n) is 15.3. The van der Waals surface area contributed by atoms with Gasteiger partial charge >= 0.3 is 6.01 Å². The number of hydrogen-bond acceptors (Lipinski definition) is 7. The van der Waals surface area contributed by atoms with Crippen LogP contribution in [0, 0.1) is 0 Å². The van der Waals surface area contributed by atoms with Crippen molar-refractivity contribution in [2.45, 2.75) is 25.4 Å². The van der Waals surface area contributed by atoms with E-state index in [1.54, 1.807) is 7.11 Å². The number of hydrogen-bond donors (Lipinski definition) is 2. The Kier molecular flexibility index (Phi) is 4.53. The number of methoxy groups -OCH3 is 1. The van der Waals surface area contributed by atoms with Gasteiger partial charge in [0, 0.05) is 18.4 Å². The van der Waals surface area contributed by atoms with Gasteiger partial charge in [0.05, 0.1) is 19.3 Å².